The van der Waals surface area contributed by atoms with Crippen LogP contribution in [-0.4, -0.2) is 43.5 Å². The van der Waals surface area contributed by atoms with E-state index in [-0.39, 0.29) is 43.1 Å². The lowest BCUT2D eigenvalue weighted by Crippen LogP contribution is -2.30. The molecule has 0 spiro atoms. The topological polar surface area (TPSA) is 115 Å². The van der Waals surface area contributed by atoms with Crippen molar-refractivity contribution in [3.05, 3.63) is 58.8 Å². The Morgan fingerprint density at radius 3 is 2.51 bits per heavy atom. The van der Waals surface area contributed by atoms with Gasteiger partial charge < -0.3 is 11.1 Å². The van der Waals surface area contributed by atoms with Crippen molar-refractivity contribution < 1.29 is 31.5 Å². The van der Waals surface area contributed by atoms with Crippen LogP contribution in [0.1, 0.15) is 96.2 Å². The lowest BCUT2D eigenvalue weighted by Gasteiger charge is -2.33. The van der Waals surface area contributed by atoms with E-state index in [1.807, 2.05) is 0 Å². The van der Waals surface area contributed by atoms with Gasteiger partial charge in [-0.3, -0.25) is 14.6 Å². The van der Waals surface area contributed by atoms with E-state index in [0.717, 1.165) is 12.8 Å². The maximum Gasteiger partial charge on any atom is 0.389 e. The number of carbonyl (C=O) groups excluding carboxylic acids is 2. The minimum atomic E-state index is -4.43. The normalized spacial score (nSPS) is 19.2. The van der Waals surface area contributed by atoms with Crippen LogP contribution in [0.2, 0.25) is 0 Å². The number of carbonyl (C=O) groups is 2. The molecule has 0 radical (unpaired) electrons. The first kappa shape index (κ1) is 28.9. The summed E-state index contributed by atoms with van der Waals surface area (Å²) in [6, 6.07) is 2.87. The first-order valence-corrected chi connectivity index (χ1v) is 13.7. The van der Waals surface area contributed by atoms with Gasteiger partial charge in [0.15, 0.2) is 5.65 Å². The van der Waals surface area contributed by atoms with Crippen LogP contribution in [-0.2, 0) is 4.79 Å². The Labute approximate surface area is 232 Å². The molecule has 3 heterocycles. The van der Waals surface area contributed by atoms with Crippen molar-refractivity contribution in [2.75, 3.05) is 0 Å². The van der Waals surface area contributed by atoms with Crippen LogP contribution >= 0.6 is 0 Å². The predicted octanol–water partition coefficient (Wildman–Crippen LogP) is 5.40. The number of pyridine rings is 1. The summed E-state index contributed by atoms with van der Waals surface area (Å²) in [5, 5.41) is 7.16. The Hall–Kier alpha value is -3.64. The average Bonchev–Trinajstić information content (AvgIpc) is 3.65. The number of nitrogens with one attached hydrogen (secondary N) is 1. The highest BCUT2D eigenvalue weighted by Gasteiger charge is 2.41. The minimum absolute atomic E-state index is 0.0785. The third kappa shape index (κ3) is 6.65. The largest absolute Gasteiger partial charge is 0.389 e. The Balaban J connectivity index is 1.49. The number of rotatable bonds is 9. The van der Waals surface area contributed by atoms with Gasteiger partial charge in [-0.15, -0.1) is 0 Å². The van der Waals surface area contributed by atoms with Crippen molar-refractivity contribution in [3.63, 3.8) is 0 Å². The van der Waals surface area contributed by atoms with E-state index in [4.69, 9.17) is 10.7 Å². The number of hydrogen-bond acceptors (Lipinski definition) is 5. The average molecular weight is 579 g/mol. The summed E-state index contributed by atoms with van der Waals surface area (Å²) in [4.78, 5) is 34.0. The van der Waals surface area contributed by atoms with Gasteiger partial charge in [-0.25, -0.2) is 18.3 Å². The highest BCUT2D eigenvalue weighted by atomic mass is 19.4. The molecule has 8 nitrogen and oxygen atoms in total. The lowest BCUT2D eigenvalue weighted by atomic mass is 9.74. The molecule has 3 aromatic rings. The van der Waals surface area contributed by atoms with Crippen molar-refractivity contribution in [2.24, 2.45) is 17.6 Å². The summed E-state index contributed by atoms with van der Waals surface area (Å²) in [6.45, 7) is 1.73. The van der Waals surface area contributed by atoms with Crippen LogP contribution in [0.15, 0.2) is 30.7 Å². The number of nitrogens with zero attached hydrogens (tertiary/aromatic N) is 4. The second kappa shape index (κ2) is 11.0. The number of halogens is 5. The van der Waals surface area contributed by atoms with Gasteiger partial charge in [-0.1, -0.05) is 0 Å². The van der Waals surface area contributed by atoms with E-state index in [9.17, 15) is 31.5 Å². The molecule has 2 aliphatic rings. The number of hydrogen-bond donors (Lipinski definition) is 2. The number of alkyl halides is 5. The SMILES string of the molecule is Cc1ccnc([C@@H](c2cn3ncc([C@H](NC(=O)CCC(F)(F)F)C4CC4)cc3n2)C2CCC(F)(F)CC2)c1C(N)=O. The molecule has 2 aliphatic carbocycles. The fourth-order valence-electron chi connectivity index (χ4n) is 5.77. The Bertz CT molecular complexity index is 1440. The van der Waals surface area contributed by atoms with E-state index < -0.39 is 48.7 Å². The highest BCUT2D eigenvalue weighted by Crippen LogP contribution is 2.45. The van der Waals surface area contributed by atoms with Gasteiger partial charge in [-0.05, 0) is 67.7 Å². The van der Waals surface area contributed by atoms with Crippen molar-refractivity contribution in [1.82, 2.24) is 24.9 Å². The molecule has 3 N–H and O–H groups in total. The van der Waals surface area contributed by atoms with Crippen LogP contribution in [0.5, 0.6) is 0 Å². The molecule has 0 aliphatic heterocycles. The molecule has 220 valence electrons. The molecule has 0 aromatic carbocycles. The van der Waals surface area contributed by atoms with Crippen LogP contribution in [0.3, 0.4) is 0 Å². The Kier molecular flexibility index (Phi) is 7.73. The lowest BCUT2D eigenvalue weighted by molar-refractivity contribution is -0.144. The molecule has 2 atom stereocenters. The van der Waals surface area contributed by atoms with E-state index in [0.29, 0.717) is 28.2 Å². The molecular formula is C28H31F5N6O2. The molecule has 13 heteroatoms. The monoisotopic (exact) mass is 578 g/mol. The summed E-state index contributed by atoms with van der Waals surface area (Å²) in [5.41, 5.74) is 8.45. The van der Waals surface area contributed by atoms with Crippen molar-refractivity contribution in [3.8, 4) is 0 Å². The van der Waals surface area contributed by atoms with Crippen LogP contribution in [0, 0.1) is 18.8 Å². The minimum Gasteiger partial charge on any atom is -0.366 e. The van der Waals surface area contributed by atoms with E-state index >= 15 is 0 Å². The zero-order chi connectivity index (χ0) is 29.5. The van der Waals surface area contributed by atoms with Gasteiger partial charge in [0, 0.05) is 31.4 Å². The standard InChI is InChI=1S/C28H31F5N6O2/c1-15-7-11-35-25(22(15)26(34)41)23(16-4-8-27(29,30)9-5-16)19-14-39-20(37-19)12-18(13-36-39)24(17-2-3-17)38-21(40)6-10-28(31,32)33/h7,11-14,16-17,23-24H,2-6,8-10H2,1H3,(H2,34,41)(H,38,40)/t23-,24-/m1/s1. The van der Waals surface area contributed by atoms with Gasteiger partial charge in [0.2, 0.25) is 11.8 Å². The molecule has 0 bridgehead atoms. The van der Waals surface area contributed by atoms with Crippen molar-refractivity contribution >= 4 is 17.5 Å². The number of amides is 2. The van der Waals surface area contributed by atoms with E-state index in [2.05, 4.69) is 15.4 Å². The smallest absolute Gasteiger partial charge is 0.366 e. The summed E-state index contributed by atoms with van der Waals surface area (Å²) in [5.74, 6) is -4.92. The molecule has 0 saturated heterocycles. The number of nitrogens with two attached hydrogens (primary N) is 1. The molecular weight excluding hydrogens is 547 g/mol. The fourth-order valence-corrected chi connectivity index (χ4v) is 5.77. The number of aryl methyl sites for hydroxylation is 1. The summed E-state index contributed by atoms with van der Waals surface area (Å²) < 4.78 is 67.5. The first-order valence-electron chi connectivity index (χ1n) is 13.7. The summed E-state index contributed by atoms with van der Waals surface area (Å²) in [6.07, 6.45) is -0.0813. The van der Waals surface area contributed by atoms with Crippen LogP contribution in [0.25, 0.3) is 5.65 Å². The number of imidazole rings is 1. The second-order valence-corrected chi connectivity index (χ2v) is 11.2. The second-order valence-electron chi connectivity index (χ2n) is 11.2. The maximum absolute atomic E-state index is 14.1. The number of primary amides is 1. The van der Waals surface area contributed by atoms with Crippen LogP contribution in [0.4, 0.5) is 22.0 Å². The Morgan fingerprint density at radius 2 is 1.88 bits per heavy atom. The molecule has 41 heavy (non-hydrogen) atoms. The van der Waals surface area contributed by atoms with Gasteiger partial charge in [0.25, 0.3) is 5.91 Å². The van der Waals surface area contributed by atoms with Crippen LogP contribution < -0.4 is 11.1 Å². The molecule has 2 amide bonds. The zero-order valence-electron chi connectivity index (χ0n) is 22.4. The fraction of sp³-hybridized carbons (Fsp3) is 0.536. The van der Waals surface area contributed by atoms with Gasteiger partial charge in [-0.2, -0.15) is 18.3 Å². The molecule has 5 rings (SSSR count). The quantitative estimate of drug-likeness (QED) is 0.330. The van der Waals surface area contributed by atoms with Crippen molar-refractivity contribution in [2.45, 2.75) is 82.3 Å². The Morgan fingerprint density at radius 1 is 1.17 bits per heavy atom. The molecule has 3 aromatic heterocycles. The predicted molar refractivity (Wildman–Crippen MR) is 138 cm³/mol. The maximum atomic E-state index is 14.1. The van der Waals surface area contributed by atoms with Crippen molar-refractivity contribution in [1.29, 1.82) is 0 Å². The van der Waals surface area contributed by atoms with Gasteiger partial charge in [0.05, 0.1) is 41.8 Å². The number of fused-ring (bicyclic) bond motifs is 1. The third-order valence-corrected chi connectivity index (χ3v) is 8.05. The number of aromatic nitrogens is 4. The molecule has 0 unspecified atom stereocenters. The van der Waals surface area contributed by atoms with Gasteiger partial charge >= 0.3 is 6.18 Å². The van der Waals surface area contributed by atoms with Gasteiger partial charge in [0.1, 0.15) is 0 Å². The molecule has 2 saturated carbocycles. The summed E-state index contributed by atoms with van der Waals surface area (Å²) >= 11 is 0. The van der Waals surface area contributed by atoms with E-state index in [1.54, 1.807) is 37.6 Å². The highest BCUT2D eigenvalue weighted by molar-refractivity contribution is 5.95. The van der Waals surface area contributed by atoms with E-state index in [1.165, 1.54) is 4.52 Å². The third-order valence-electron chi connectivity index (χ3n) is 8.05. The molecule has 2 fully saturated rings. The first-order chi connectivity index (χ1) is 19.3. The summed E-state index contributed by atoms with van der Waals surface area (Å²) in [7, 11) is 0. The zero-order valence-corrected chi connectivity index (χ0v) is 22.4.